The number of carboxylic acid groups (broad SMARTS) is 1. The average Bonchev–Trinajstić information content (AvgIpc) is 2.34. The molecule has 0 radical (unpaired) electrons. The zero-order chi connectivity index (χ0) is 13.7. The van der Waals surface area contributed by atoms with Crippen LogP contribution in [-0.2, 0) is 9.59 Å². The molecular formula is C13H16ClNO3. The lowest BCUT2D eigenvalue weighted by molar-refractivity contribution is -0.144. The first-order valence-corrected chi connectivity index (χ1v) is 6.09. The SMILES string of the molecule is CCN(CC(=O)O)C(=O)C(C)c1cccc(Cl)c1. The Morgan fingerprint density at radius 3 is 2.61 bits per heavy atom. The highest BCUT2D eigenvalue weighted by Gasteiger charge is 2.22. The van der Waals surface area contributed by atoms with Gasteiger partial charge in [0.05, 0.1) is 5.92 Å². The Balaban J connectivity index is 2.85. The molecule has 1 unspecified atom stereocenters. The summed E-state index contributed by atoms with van der Waals surface area (Å²) in [5.74, 6) is -1.62. The van der Waals surface area contributed by atoms with Crippen LogP contribution in [-0.4, -0.2) is 35.0 Å². The third kappa shape index (κ3) is 3.74. The lowest BCUT2D eigenvalue weighted by Gasteiger charge is -2.23. The first-order chi connectivity index (χ1) is 8.45. The number of aliphatic carboxylic acids is 1. The number of hydrogen-bond donors (Lipinski definition) is 1. The number of hydrogen-bond acceptors (Lipinski definition) is 2. The summed E-state index contributed by atoms with van der Waals surface area (Å²) in [6.07, 6.45) is 0. The van der Waals surface area contributed by atoms with E-state index in [-0.39, 0.29) is 12.5 Å². The van der Waals surface area contributed by atoms with Crippen molar-refractivity contribution in [1.29, 1.82) is 0 Å². The van der Waals surface area contributed by atoms with Crippen molar-refractivity contribution in [3.8, 4) is 0 Å². The second-order valence-electron chi connectivity index (χ2n) is 4.02. The molecule has 0 fully saturated rings. The second kappa shape index (κ2) is 6.40. The van der Waals surface area contributed by atoms with Gasteiger partial charge in [-0.05, 0) is 31.5 Å². The molecular weight excluding hydrogens is 254 g/mol. The Kier molecular flexibility index (Phi) is 5.16. The van der Waals surface area contributed by atoms with Gasteiger partial charge in [-0.2, -0.15) is 0 Å². The minimum Gasteiger partial charge on any atom is -0.480 e. The third-order valence-corrected chi connectivity index (χ3v) is 2.97. The fourth-order valence-electron chi connectivity index (χ4n) is 1.70. The molecule has 1 rings (SSSR count). The molecule has 0 aliphatic rings. The van der Waals surface area contributed by atoms with Gasteiger partial charge in [-0.1, -0.05) is 23.7 Å². The quantitative estimate of drug-likeness (QED) is 0.893. The van der Waals surface area contributed by atoms with Crippen LogP contribution < -0.4 is 0 Å². The number of amides is 1. The molecule has 0 heterocycles. The van der Waals surface area contributed by atoms with Crippen LogP contribution in [0.2, 0.25) is 5.02 Å². The van der Waals surface area contributed by atoms with Crippen molar-refractivity contribution in [2.24, 2.45) is 0 Å². The number of carbonyl (C=O) groups is 2. The molecule has 0 bridgehead atoms. The van der Waals surface area contributed by atoms with Gasteiger partial charge in [-0.3, -0.25) is 9.59 Å². The standard InChI is InChI=1S/C13H16ClNO3/c1-3-15(8-12(16)17)13(18)9(2)10-5-4-6-11(14)7-10/h4-7,9H,3,8H2,1-2H3,(H,16,17). The zero-order valence-corrected chi connectivity index (χ0v) is 11.1. The molecule has 4 nitrogen and oxygen atoms in total. The maximum atomic E-state index is 12.1. The summed E-state index contributed by atoms with van der Waals surface area (Å²) in [6.45, 7) is 3.60. The number of carbonyl (C=O) groups excluding carboxylic acids is 1. The van der Waals surface area contributed by atoms with E-state index in [4.69, 9.17) is 16.7 Å². The first-order valence-electron chi connectivity index (χ1n) is 5.71. The van der Waals surface area contributed by atoms with E-state index in [0.717, 1.165) is 5.56 Å². The van der Waals surface area contributed by atoms with Gasteiger partial charge in [0.1, 0.15) is 6.54 Å². The highest BCUT2D eigenvalue weighted by atomic mass is 35.5. The van der Waals surface area contributed by atoms with Crippen molar-refractivity contribution in [3.05, 3.63) is 34.9 Å². The number of likely N-dealkylation sites (N-methyl/N-ethyl adjacent to an activating group) is 1. The Hall–Kier alpha value is -1.55. The minimum absolute atomic E-state index is 0.206. The summed E-state index contributed by atoms with van der Waals surface area (Å²) in [5, 5.41) is 9.31. The number of rotatable bonds is 5. The Morgan fingerprint density at radius 2 is 2.11 bits per heavy atom. The van der Waals surface area contributed by atoms with Crippen molar-refractivity contribution >= 4 is 23.5 Å². The van der Waals surface area contributed by atoms with Gasteiger partial charge >= 0.3 is 5.97 Å². The van der Waals surface area contributed by atoms with Gasteiger partial charge in [0.25, 0.3) is 0 Å². The minimum atomic E-state index is -1.01. The lowest BCUT2D eigenvalue weighted by atomic mass is 10.00. The highest BCUT2D eigenvalue weighted by molar-refractivity contribution is 6.30. The topological polar surface area (TPSA) is 57.6 Å². The van der Waals surface area contributed by atoms with Gasteiger partial charge in [0.2, 0.25) is 5.91 Å². The molecule has 1 aromatic carbocycles. The summed E-state index contributed by atoms with van der Waals surface area (Å²) in [7, 11) is 0. The van der Waals surface area contributed by atoms with E-state index in [1.807, 2.05) is 6.07 Å². The van der Waals surface area contributed by atoms with Crippen LogP contribution in [0.4, 0.5) is 0 Å². The molecule has 0 aliphatic carbocycles. The van der Waals surface area contributed by atoms with E-state index in [0.29, 0.717) is 11.6 Å². The van der Waals surface area contributed by atoms with Gasteiger partial charge < -0.3 is 10.0 Å². The molecule has 1 amide bonds. The number of halogens is 1. The van der Waals surface area contributed by atoms with E-state index in [1.165, 1.54) is 4.90 Å². The summed E-state index contributed by atoms with van der Waals surface area (Å²) in [4.78, 5) is 24.1. The molecule has 0 spiro atoms. The number of benzene rings is 1. The molecule has 0 aliphatic heterocycles. The molecule has 1 aromatic rings. The average molecular weight is 270 g/mol. The van der Waals surface area contributed by atoms with Gasteiger partial charge in [0.15, 0.2) is 0 Å². The molecule has 0 aromatic heterocycles. The lowest BCUT2D eigenvalue weighted by Crippen LogP contribution is -2.38. The molecule has 1 N–H and O–H groups in total. The smallest absolute Gasteiger partial charge is 0.323 e. The normalized spacial score (nSPS) is 11.9. The van der Waals surface area contributed by atoms with Crippen LogP contribution in [0.15, 0.2) is 24.3 Å². The number of nitrogens with zero attached hydrogens (tertiary/aromatic N) is 1. The van der Waals surface area contributed by atoms with Crippen molar-refractivity contribution in [1.82, 2.24) is 4.90 Å². The predicted octanol–water partition coefficient (Wildman–Crippen LogP) is 2.38. The monoisotopic (exact) mass is 269 g/mol. The van der Waals surface area contributed by atoms with Crippen molar-refractivity contribution < 1.29 is 14.7 Å². The second-order valence-corrected chi connectivity index (χ2v) is 4.46. The van der Waals surface area contributed by atoms with Crippen LogP contribution >= 0.6 is 11.6 Å². The van der Waals surface area contributed by atoms with Gasteiger partial charge in [-0.25, -0.2) is 0 Å². The van der Waals surface area contributed by atoms with Gasteiger partial charge in [-0.15, -0.1) is 0 Å². The zero-order valence-electron chi connectivity index (χ0n) is 10.4. The van der Waals surface area contributed by atoms with Crippen LogP contribution in [0.5, 0.6) is 0 Å². The molecule has 18 heavy (non-hydrogen) atoms. The Bertz CT molecular complexity index is 448. The first kappa shape index (κ1) is 14.5. The van der Waals surface area contributed by atoms with E-state index in [2.05, 4.69) is 0 Å². The third-order valence-electron chi connectivity index (χ3n) is 2.74. The van der Waals surface area contributed by atoms with Crippen LogP contribution in [0.1, 0.15) is 25.3 Å². The van der Waals surface area contributed by atoms with Crippen LogP contribution in [0, 0.1) is 0 Å². The Morgan fingerprint density at radius 1 is 1.44 bits per heavy atom. The van der Waals surface area contributed by atoms with Gasteiger partial charge in [0, 0.05) is 11.6 Å². The summed E-state index contributed by atoms with van der Waals surface area (Å²) < 4.78 is 0. The largest absolute Gasteiger partial charge is 0.480 e. The molecule has 0 saturated heterocycles. The van der Waals surface area contributed by atoms with Crippen LogP contribution in [0.25, 0.3) is 0 Å². The highest BCUT2D eigenvalue weighted by Crippen LogP contribution is 2.21. The molecule has 1 atom stereocenters. The maximum absolute atomic E-state index is 12.1. The van der Waals surface area contributed by atoms with E-state index in [1.54, 1.807) is 32.0 Å². The van der Waals surface area contributed by atoms with Crippen LogP contribution in [0.3, 0.4) is 0 Å². The molecule has 98 valence electrons. The van der Waals surface area contributed by atoms with Crippen molar-refractivity contribution in [3.63, 3.8) is 0 Å². The maximum Gasteiger partial charge on any atom is 0.323 e. The van der Waals surface area contributed by atoms with E-state index in [9.17, 15) is 9.59 Å². The fourth-order valence-corrected chi connectivity index (χ4v) is 1.90. The fraction of sp³-hybridized carbons (Fsp3) is 0.385. The van der Waals surface area contributed by atoms with Crippen molar-refractivity contribution in [2.75, 3.05) is 13.1 Å². The summed E-state index contributed by atoms with van der Waals surface area (Å²) in [6, 6.07) is 7.04. The summed E-state index contributed by atoms with van der Waals surface area (Å²) >= 11 is 5.87. The Labute approximate surface area is 111 Å². The molecule has 0 saturated carbocycles. The number of carboxylic acids is 1. The van der Waals surface area contributed by atoms with Crippen molar-refractivity contribution in [2.45, 2.75) is 19.8 Å². The molecule has 5 heteroatoms. The van der Waals surface area contributed by atoms with E-state index >= 15 is 0 Å². The van der Waals surface area contributed by atoms with E-state index < -0.39 is 11.9 Å². The summed E-state index contributed by atoms with van der Waals surface area (Å²) in [5.41, 5.74) is 0.788. The predicted molar refractivity (Wildman–Crippen MR) is 69.8 cm³/mol.